The molecule has 0 saturated carbocycles. The minimum Gasteiger partial charge on any atom is -0.324 e. The van der Waals surface area contributed by atoms with Crippen LogP contribution in [0, 0.1) is 5.82 Å². The van der Waals surface area contributed by atoms with Crippen LogP contribution in [0.4, 0.5) is 4.39 Å². The van der Waals surface area contributed by atoms with Gasteiger partial charge in [-0.05, 0) is 36.8 Å². The molecule has 0 aliphatic carbocycles. The molecule has 1 aromatic heterocycles. The predicted molar refractivity (Wildman–Crippen MR) is 56.1 cm³/mol. The topological polar surface area (TPSA) is 43.8 Å². The average molecular weight is 205 g/mol. The second kappa shape index (κ2) is 3.82. The zero-order chi connectivity index (χ0) is 10.8. The lowest BCUT2D eigenvalue weighted by Gasteiger charge is -2.12. The summed E-state index contributed by atoms with van der Waals surface area (Å²) >= 11 is 0. The van der Waals surface area contributed by atoms with Crippen molar-refractivity contribution in [2.24, 2.45) is 5.73 Å². The van der Waals surface area contributed by atoms with Gasteiger partial charge in [0, 0.05) is 18.4 Å². The highest BCUT2D eigenvalue weighted by Gasteiger charge is 2.09. The molecule has 0 aliphatic rings. The largest absolute Gasteiger partial charge is 0.324 e. The van der Waals surface area contributed by atoms with Gasteiger partial charge in [0.1, 0.15) is 5.82 Å². The number of hydrogen-bond donors (Lipinski definition) is 1. The van der Waals surface area contributed by atoms with Crippen molar-refractivity contribution in [2.75, 3.05) is 0 Å². The van der Waals surface area contributed by atoms with Gasteiger partial charge in [-0.1, -0.05) is 0 Å². The van der Waals surface area contributed by atoms with Gasteiger partial charge < -0.3 is 5.73 Å². The normalized spacial score (nSPS) is 12.7. The summed E-state index contributed by atoms with van der Waals surface area (Å²) in [5, 5.41) is 4.10. The summed E-state index contributed by atoms with van der Waals surface area (Å²) in [6, 6.07) is 6.12. The summed E-state index contributed by atoms with van der Waals surface area (Å²) in [5.74, 6) is -0.279. The Morgan fingerprint density at radius 3 is 2.87 bits per heavy atom. The first-order valence-electron chi connectivity index (χ1n) is 4.73. The van der Waals surface area contributed by atoms with E-state index in [4.69, 9.17) is 5.73 Å². The van der Waals surface area contributed by atoms with Gasteiger partial charge in [0.2, 0.25) is 0 Å². The third-order valence-electron chi connectivity index (χ3n) is 2.23. The van der Waals surface area contributed by atoms with Crippen molar-refractivity contribution in [2.45, 2.75) is 13.0 Å². The van der Waals surface area contributed by atoms with Crippen molar-refractivity contribution in [3.63, 3.8) is 0 Å². The summed E-state index contributed by atoms with van der Waals surface area (Å²) in [6.45, 7) is 1.82. The molecule has 1 atom stereocenters. The van der Waals surface area contributed by atoms with Crippen molar-refractivity contribution >= 4 is 0 Å². The fourth-order valence-electron chi connectivity index (χ4n) is 1.51. The maximum atomic E-state index is 13.1. The van der Waals surface area contributed by atoms with Gasteiger partial charge >= 0.3 is 0 Å². The van der Waals surface area contributed by atoms with Crippen LogP contribution in [0.5, 0.6) is 0 Å². The number of halogens is 1. The lowest BCUT2D eigenvalue weighted by atomic mass is 10.1. The number of rotatable bonds is 2. The molecule has 0 fully saturated rings. The first kappa shape index (κ1) is 9.86. The van der Waals surface area contributed by atoms with Crippen molar-refractivity contribution in [3.8, 4) is 5.69 Å². The summed E-state index contributed by atoms with van der Waals surface area (Å²) in [6.07, 6.45) is 3.48. The predicted octanol–water partition coefficient (Wildman–Crippen LogP) is 2.03. The van der Waals surface area contributed by atoms with Crippen LogP contribution in [0.1, 0.15) is 18.5 Å². The van der Waals surface area contributed by atoms with Gasteiger partial charge in [-0.15, -0.1) is 0 Å². The van der Waals surface area contributed by atoms with E-state index in [1.54, 1.807) is 23.1 Å². The standard InChI is InChI=1S/C11H12FN3/c1-8(13)10-7-9(12)3-4-11(10)15-6-2-5-14-15/h2-8H,13H2,1H3. The smallest absolute Gasteiger partial charge is 0.123 e. The Morgan fingerprint density at radius 2 is 2.27 bits per heavy atom. The Labute approximate surface area is 87.3 Å². The van der Waals surface area contributed by atoms with E-state index in [1.165, 1.54) is 12.1 Å². The van der Waals surface area contributed by atoms with Crippen molar-refractivity contribution in [3.05, 3.63) is 48.0 Å². The molecular weight excluding hydrogens is 193 g/mol. The molecule has 0 radical (unpaired) electrons. The van der Waals surface area contributed by atoms with Gasteiger partial charge in [0.15, 0.2) is 0 Å². The van der Waals surface area contributed by atoms with E-state index in [2.05, 4.69) is 5.10 Å². The fourth-order valence-corrected chi connectivity index (χ4v) is 1.51. The number of hydrogen-bond acceptors (Lipinski definition) is 2. The highest BCUT2D eigenvalue weighted by atomic mass is 19.1. The molecule has 3 nitrogen and oxygen atoms in total. The van der Waals surface area contributed by atoms with Crippen LogP contribution in [0.25, 0.3) is 5.69 Å². The fraction of sp³-hybridized carbons (Fsp3) is 0.182. The number of benzene rings is 1. The van der Waals surface area contributed by atoms with Crippen LogP contribution in [-0.2, 0) is 0 Å². The van der Waals surface area contributed by atoms with Crippen LogP contribution in [0.2, 0.25) is 0 Å². The lowest BCUT2D eigenvalue weighted by Crippen LogP contribution is -2.10. The Bertz CT molecular complexity index is 449. The minimum absolute atomic E-state index is 0.222. The van der Waals surface area contributed by atoms with Crippen LogP contribution in [0.3, 0.4) is 0 Å². The first-order valence-corrected chi connectivity index (χ1v) is 4.73. The average Bonchev–Trinajstić information content (AvgIpc) is 2.70. The van der Waals surface area contributed by atoms with E-state index in [0.29, 0.717) is 0 Å². The quantitative estimate of drug-likeness (QED) is 0.815. The molecule has 2 aromatic rings. The zero-order valence-electron chi connectivity index (χ0n) is 8.39. The van der Waals surface area contributed by atoms with Gasteiger partial charge in [0.05, 0.1) is 5.69 Å². The molecule has 78 valence electrons. The highest BCUT2D eigenvalue weighted by Crippen LogP contribution is 2.20. The maximum absolute atomic E-state index is 13.1. The van der Waals surface area contributed by atoms with Crippen molar-refractivity contribution < 1.29 is 4.39 Å². The van der Waals surface area contributed by atoms with Crippen LogP contribution in [0.15, 0.2) is 36.7 Å². The van der Waals surface area contributed by atoms with Crippen LogP contribution in [-0.4, -0.2) is 9.78 Å². The summed E-state index contributed by atoms with van der Waals surface area (Å²) in [7, 11) is 0. The molecule has 4 heteroatoms. The number of nitrogens with zero attached hydrogens (tertiary/aromatic N) is 2. The van der Waals surface area contributed by atoms with E-state index in [9.17, 15) is 4.39 Å². The number of aromatic nitrogens is 2. The molecular formula is C11H12FN3. The second-order valence-corrected chi connectivity index (χ2v) is 3.44. The van der Waals surface area contributed by atoms with Crippen LogP contribution >= 0.6 is 0 Å². The first-order chi connectivity index (χ1) is 7.18. The molecule has 1 unspecified atom stereocenters. The molecule has 0 bridgehead atoms. The summed E-state index contributed by atoms with van der Waals surface area (Å²) in [4.78, 5) is 0. The van der Waals surface area contributed by atoms with E-state index in [0.717, 1.165) is 11.3 Å². The third-order valence-corrected chi connectivity index (χ3v) is 2.23. The summed E-state index contributed by atoms with van der Waals surface area (Å²) < 4.78 is 14.7. The van der Waals surface area contributed by atoms with Gasteiger partial charge in [0.25, 0.3) is 0 Å². The van der Waals surface area contributed by atoms with Crippen molar-refractivity contribution in [1.82, 2.24) is 9.78 Å². The minimum atomic E-state index is -0.279. The second-order valence-electron chi connectivity index (χ2n) is 3.44. The van der Waals surface area contributed by atoms with E-state index >= 15 is 0 Å². The van der Waals surface area contributed by atoms with Gasteiger partial charge in [-0.3, -0.25) is 0 Å². The molecule has 0 spiro atoms. The molecule has 0 aliphatic heterocycles. The van der Waals surface area contributed by atoms with Gasteiger partial charge in [-0.2, -0.15) is 5.10 Å². The Morgan fingerprint density at radius 1 is 1.47 bits per heavy atom. The molecule has 0 amide bonds. The Hall–Kier alpha value is -1.68. The van der Waals surface area contributed by atoms with Gasteiger partial charge in [-0.25, -0.2) is 9.07 Å². The Kier molecular flexibility index (Phi) is 2.51. The monoisotopic (exact) mass is 205 g/mol. The van der Waals surface area contributed by atoms with E-state index in [1.807, 2.05) is 13.0 Å². The molecule has 2 N–H and O–H groups in total. The summed E-state index contributed by atoms with van der Waals surface area (Å²) in [5.41, 5.74) is 7.35. The van der Waals surface area contributed by atoms with E-state index in [-0.39, 0.29) is 11.9 Å². The molecule has 2 rings (SSSR count). The molecule has 1 aromatic carbocycles. The van der Waals surface area contributed by atoms with Crippen molar-refractivity contribution in [1.29, 1.82) is 0 Å². The third kappa shape index (κ3) is 1.89. The molecule has 0 saturated heterocycles. The molecule has 1 heterocycles. The number of nitrogens with two attached hydrogens (primary N) is 1. The highest BCUT2D eigenvalue weighted by molar-refractivity contribution is 5.42. The van der Waals surface area contributed by atoms with E-state index < -0.39 is 0 Å². The zero-order valence-corrected chi connectivity index (χ0v) is 8.39. The lowest BCUT2D eigenvalue weighted by molar-refractivity contribution is 0.620. The van der Waals surface area contributed by atoms with Crippen LogP contribution < -0.4 is 5.73 Å². The maximum Gasteiger partial charge on any atom is 0.123 e. The molecule has 15 heavy (non-hydrogen) atoms. The SMILES string of the molecule is CC(N)c1cc(F)ccc1-n1cccn1. The Balaban J connectivity index is 2.56.